The van der Waals surface area contributed by atoms with E-state index in [-0.39, 0.29) is 36.2 Å². The minimum Gasteiger partial charge on any atom is -0.504 e. The molecule has 7 aromatic rings. The Balaban J connectivity index is 0.941. The summed E-state index contributed by atoms with van der Waals surface area (Å²) in [7, 11) is 0. The monoisotopic (exact) mass is 796 g/mol. The fourth-order valence-electron chi connectivity index (χ4n) is 10.0. The van der Waals surface area contributed by atoms with Crippen molar-refractivity contribution in [2.24, 2.45) is 29.6 Å². The number of aromatic nitrogens is 2. The van der Waals surface area contributed by atoms with Crippen molar-refractivity contribution in [1.29, 1.82) is 0 Å². The van der Waals surface area contributed by atoms with Crippen LogP contribution in [0.2, 0.25) is 0 Å². The molecule has 2 aromatic heterocycles. The van der Waals surface area contributed by atoms with Gasteiger partial charge in [-0.1, -0.05) is 48.0 Å². The van der Waals surface area contributed by atoms with Crippen LogP contribution in [-0.2, 0) is 19.2 Å². The van der Waals surface area contributed by atoms with E-state index in [1.54, 1.807) is 66.7 Å². The van der Waals surface area contributed by atoms with Crippen LogP contribution in [0.3, 0.4) is 0 Å². The molecule has 0 bridgehead atoms. The van der Waals surface area contributed by atoms with Gasteiger partial charge < -0.3 is 18.7 Å². The third-order valence-corrected chi connectivity index (χ3v) is 12.6. The summed E-state index contributed by atoms with van der Waals surface area (Å²) in [5.41, 5.74) is 6.12. The number of amides is 4. The molecule has 6 unspecified atom stereocenters. The number of imide groups is 2. The highest BCUT2D eigenvalue weighted by Gasteiger charge is 2.62. The SMILES string of the molecule is CCOc1cccc(C2C3=CCC4C(=O)N(c5ccc(-c6nc7ccccc7o6)cc5)C(=O)C4C3CC3C(=O)N(c4ccc(-c5nc6ccccc6o5)cc4)C(=O)C32)c1O. The van der Waals surface area contributed by atoms with Crippen LogP contribution in [0.15, 0.2) is 136 Å². The number of para-hydroxylation sites is 5. The van der Waals surface area contributed by atoms with E-state index in [9.17, 15) is 24.3 Å². The maximum absolute atomic E-state index is 14.8. The molecule has 0 spiro atoms. The van der Waals surface area contributed by atoms with Crippen molar-refractivity contribution in [3.63, 3.8) is 0 Å². The molecule has 296 valence electrons. The van der Waals surface area contributed by atoms with Crippen molar-refractivity contribution in [1.82, 2.24) is 9.97 Å². The lowest BCUT2D eigenvalue weighted by molar-refractivity contribution is -0.126. The Labute approximate surface area is 342 Å². The summed E-state index contributed by atoms with van der Waals surface area (Å²) in [5.74, 6) is -4.96. The Morgan fingerprint density at radius 3 is 1.75 bits per heavy atom. The van der Waals surface area contributed by atoms with Crippen molar-refractivity contribution >= 4 is 57.2 Å². The van der Waals surface area contributed by atoms with Gasteiger partial charge in [0.15, 0.2) is 22.7 Å². The third-order valence-electron chi connectivity index (χ3n) is 12.6. The van der Waals surface area contributed by atoms with Gasteiger partial charge >= 0.3 is 0 Å². The first-order chi connectivity index (χ1) is 29.3. The second kappa shape index (κ2) is 13.6. The van der Waals surface area contributed by atoms with E-state index >= 15 is 0 Å². The number of phenols is 1. The second-order valence-electron chi connectivity index (χ2n) is 15.7. The third kappa shape index (κ3) is 5.36. The highest BCUT2D eigenvalue weighted by Crippen LogP contribution is 2.60. The topological polar surface area (TPSA) is 156 Å². The molecule has 5 aromatic carbocycles. The fraction of sp³-hybridized carbons (Fsp3) is 0.208. The lowest BCUT2D eigenvalue weighted by Crippen LogP contribution is -2.43. The van der Waals surface area contributed by atoms with Crippen LogP contribution in [0.5, 0.6) is 11.5 Å². The highest BCUT2D eigenvalue weighted by atomic mass is 16.5. The van der Waals surface area contributed by atoms with Gasteiger partial charge in [0, 0.05) is 22.6 Å². The number of anilines is 2. The maximum atomic E-state index is 14.8. The molecule has 2 aliphatic heterocycles. The molecule has 4 amide bonds. The van der Waals surface area contributed by atoms with Crippen molar-refractivity contribution in [3.05, 3.63) is 132 Å². The smallest absolute Gasteiger partial charge is 0.238 e. The molecule has 4 aliphatic rings. The van der Waals surface area contributed by atoms with Crippen LogP contribution in [0.1, 0.15) is 31.2 Å². The lowest BCUT2D eigenvalue weighted by Gasteiger charge is -2.44. The average molecular weight is 797 g/mol. The number of phenolic OH excluding ortho intramolecular Hbond substituents is 1. The van der Waals surface area contributed by atoms with Crippen LogP contribution in [0, 0.1) is 29.6 Å². The van der Waals surface area contributed by atoms with Gasteiger partial charge in [0.05, 0.1) is 41.7 Å². The van der Waals surface area contributed by atoms with E-state index in [1.165, 1.54) is 9.80 Å². The molecular weight excluding hydrogens is 761 g/mol. The number of fused-ring (bicyclic) bond motifs is 6. The predicted octanol–water partition coefficient (Wildman–Crippen LogP) is 8.45. The molecular formula is C48H36N4O8. The molecule has 4 heterocycles. The first kappa shape index (κ1) is 35.8. The summed E-state index contributed by atoms with van der Waals surface area (Å²) in [6.07, 6.45) is 2.41. The number of carbonyl (C=O) groups excluding carboxylic acids is 4. The maximum Gasteiger partial charge on any atom is 0.238 e. The number of aromatic hydroxyl groups is 1. The molecule has 12 nitrogen and oxygen atoms in total. The molecule has 0 radical (unpaired) electrons. The molecule has 3 fully saturated rings. The van der Waals surface area contributed by atoms with Crippen LogP contribution in [-0.4, -0.2) is 45.3 Å². The second-order valence-corrected chi connectivity index (χ2v) is 15.7. The normalized spacial score (nSPS) is 23.6. The van der Waals surface area contributed by atoms with E-state index in [0.717, 1.165) is 11.1 Å². The Hall–Kier alpha value is -7.34. The minimum absolute atomic E-state index is 0.123. The first-order valence-corrected chi connectivity index (χ1v) is 20.1. The van der Waals surface area contributed by atoms with Gasteiger partial charge in [0.2, 0.25) is 35.4 Å². The standard InChI is InChI=1S/C48H36N4O8/c1-2-58-38-13-7-8-30(42(38)53)39-29-22-23-31-40(47(56)51(45(31)54)27-18-14-25(15-19-27)43-49-34-9-3-5-11-36(34)59-43)32(29)24-33-41(39)48(57)52(46(33)55)28-20-16-26(17-21-28)44-50-35-10-4-6-12-37(35)60-44/h3-22,31-33,39-41,53H,2,23-24H2,1H3. The summed E-state index contributed by atoms with van der Waals surface area (Å²) in [6, 6.07) is 34.0. The minimum atomic E-state index is -0.876. The Morgan fingerprint density at radius 1 is 0.633 bits per heavy atom. The number of carbonyl (C=O) groups is 4. The van der Waals surface area contributed by atoms with Crippen molar-refractivity contribution in [3.8, 4) is 34.4 Å². The molecule has 11 rings (SSSR count). The molecule has 1 N–H and O–H groups in total. The van der Waals surface area contributed by atoms with E-state index < -0.39 is 47.3 Å². The summed E-state index contributed by atoms with van der Waals surface area (Å²) < 4.78 is 17.7. The van der Waals surface area contributed by atoms with Crippen molar-refractivity contribution in [2.75, 3.05) is 16.4 Å². The average Bonchev–Trinajstić information content (AvgIpc) is 4.03. The van der Waals surface area contributed by atoms with E-state index in [0.29, 0.717) is 63.1 Å². The zero-order chi connectivity index (χ0) is 40.8. The highest BCUT2D eigenvalue weighted by molar-refractivity contribution is 6.24. The van der Waals surface area contributed by atoms with Gasteiger partial charge in [-0.15, -0.1) is 0 Å². The number of hydrogen-bond acceptors (Lipinski definition) is 10. The summed E-state index contributed by atoms with van der Waals surface area (Å²) >= 11 is 0. The quantitative estimate of drug-likeness (QED) is 0.123. The van der Waals surface area contributed by atoms with Crippen LogP contribution >= 0.6 is 0 Å². The summed E-state index contributed by atoms with van der Waals surface area (Å²) in [4.78, 5) is 69.9. The number of ether oxygens (including phenoxy) is 1. The number of allylic oxidation sites excluding steroid dienone is 2. The molecule has 12 heteroatoms. The molecule has 60 heavy (non-hydrogen) atoms. The number of nitrogens with zero attached hydrogens (tertiary/aromatic N) is 4. The number of rotatable bonds is 7. The summed E-state index contributed by atoms with van der Waals surface area (Å²) in [6.45, 7) is 2.11. The van der Waals surface area contributed by atoms with Gasteiger partial charge in [0.1, 0.15) is 11.0 Å². The number of benzene rings is 5. The number of oxazole rings is 2. The Morgan fingerprint density at radius 2 is 1.18 bits per heavy atom. The van der Waals surface area contributed by atoms with Crippen molar-refractivity contribution in [2.45, 2.75) is 25.7 Å². The predicted molar refractivity (Wildman–Crippen MR) is 221 cm³/mol. The Bertz CT molecular complexity index is 2880. The lowest BCUT2D eigenvalue weighted by atomic mass is 9.57. The van der Waals surface area contributed by atoms with Gasteiger partial charge in [-0.3, -0.25) is 29.0 Å². The molecule has 1 saturated carbocycles. The van der Waals surface area contributed by atoms with Crippen LogP contribution < -0.4 is 14.5 Å². The van der Waals surface area contributed by atoms with Gasteiger partial charge in [-0.05, 0) is 105 Å². The van der Waals surface area contributed by atoms with Gasteiger partial charge in [0.25, 0.3) is 0 Å². The number of hydrogen-bond donors (Lipinski definition) is 1. The summed E-state index contributed by atoms with van der Waals surface area (Å²) in [5, 5.41) is 11.7. The van der Waals surface area contributed by atoms with E-state index in [2.05, 4.69) is 9.97 Å². The zero-order valence-corrected chi connectivity index (χ0v) is 32.2. The first-order valence-electron chi connectivity index (χ1n) is 20.1. The van der Waals surface area contributed by atoms with E-state index in [4.69, 9.17) is 13.6 Å². The Kier molecular flexibility index (Phi) is 8.13. The fourth-order valence-corrected chi connectivity index (χ4v) is 10.0. The van der Waals surface area contributed by atoms with Crippen LogP contribution in [0.25, 0.3) is 45.1 Å². The zero-order valence-electron chi connectivity index (χ0n) is 32.2. The largest absolute Gasteiger partial charge is 0.504 e. The van der Waals surface area contributed by atoms with Crippen LogP contribution in [0.4, 0.5) is 11.4 Å². The van der Waals surface area contributed by atoms with E-state index in [1.807, 2.05) is 61.5 Å². The molecule has 2 saturated heterocycles. The molecule has 2 aliphatic carbocycles. The van der Waals surface area contributed by atoms with Crippen molar-refractivity contribution < 1.29 is 37.9 Å². The molecule has 6 atom stereocenters. The van der Waals surface area contributed by atoms with Gasteiger partial charge in [-0.2, -0.15) is 0 Å². The van der Waals surface area contributed by atoms with Gasteiger partial charge in [-0.25, -0.2) is 9.97 Å².